The summed E-state index contributed by atoms with van der Waals surface area (Å²) >= 11 is 0. The highest BCUT2D eigenvalue weighted by atomic mass is 16.5. The first-order valence-corrected chi connectivity index (χ1v) is 8.34. The SMILES string of the molecule is Cc1ccc(O)c2c1C(C)CC2NCCOC1CCCC1. The first-order chi connectivity index (χ1) is 10.2. The molecule has 0 amide bonds. The zero-order valence-electron chi connectivity index (χ0n) is 13.2. The average Bonchev–Trinajstić information content (AvgIpc) is 3.08. The summed E-state index contributed by atoms with van der Waals surface area (Å²) in [5.41, 5.74) is 3.74. The lowest BCUT2D eigenvalue weighted by Gasteiger charge is -2.17. The van der Waals surface area contributed by atoms with Crippen molar-refractivity contribution >= 4 is 0 Å². The maximum absolute atomic E-state index is 10.2. The van der Waals surface area contributed by atoms with Crippen LogP contribution in [0.5, 0.6) is 5.75 Å². The maximum Gasteiger partial charge on any atom is 0.120 e. The number of benzene rings is 1. The van der Waals surface area contributed by atoms with Gasteiger partial charge < -0.3 is 15.2 Å². The van der Waals surface area contributed by atoms with Crippen molar-refractivity contribution in [3.63, 3.8) is 0 Å². The van der Waals surface area contributed by atoms with Crippen molar-refractivity contribution in [2.24, 2.45) is 0 Å². The molecule has 2 aliphatic carbocycles. The number of rotatable bonds is 5. The van der Waals surface area contributed by atoms with Gasteiger partial charge in [0.05, 0.1) is 12.7 Å². The Labute approximate surface area is 127 Å². The van der Waals surface area contributed by atoms with Crippen LogP contribution in [0.4, 0.5) is 0 Å². The molecule has 1 aromatic rings. The predicted molar refractivity (Wildman–Crippen MR) is 84.8 cm³/mol. The molecule has 2 unspecified atom stereocenters. The van der Waals surface area contributed by atoms with Crippen LogP contribution < -0.4 is 5.32 Å². The lowest BCUT2D eigenvalue weighted by Crippen LogP contribution is -2.25. The van der Waals surface area contributed by atoms with Gasteiger partial charge in [-0.1, -0.05) is 25.8 Å². The minimum Gasteiger partial charge on any atom is -0.508 e. The molecule has 0 spiro atoms. The van der Waals surface area contributed by atoms with E-state index in [2.05, 4.69) is 19.2 Å². The van der Waals surface area contributed by atoms with Crippen molar-refractivity contribution in [2.75, 3.05) is 13.2 Å². The van der Waals surface area contributed by atoms with Gasteiger partial charge in [-0.15, -0.1) is 0 Å². The van der Waals surface area contributed by atoms with Crippen molar-refractivity contribution in [1.82, 2.24) is 5.32 Å². The van der Waals surface area contributed by atoms with E-state index in [1.165, 1.54) is 36.8 Å². The molecule has 2 N–H and O–H groups in total. The molecular formula is C18H27NO2. The molecule has 3 heteroatoms. The zero-order chi connectivity index (χ0) is 14.8. The summed E-state index contributed by atoms with van der Waals surface area (Å²) in [5.74, 6) is 0.953. The summed E-state index contributed by atoms with van der Waals surface area (Å²) in [6.45, 7) is 6.03. The highest BCUT2D eigenvalue weighted by molar-refractivity contribution is 5.50. The van der Waals surface area contributed by atoms with Gasteiger partial charge in [-0.3, -0.25) is 0 Å². The summed E-state index contributed by atoms with van der Waals surface area (Å²) in [5, 5.41) is 13.8. The van der Waals surface area contributed by atoms with E-state index >= 15 is 0 Å². The van der Waals surface area contributed by atoms with Gasteiger partial charge in [-0.2, -0.15) is 0 Å². The van der Waals surface area contributed by atoms with E-state index in [4.69, 9.17) is 4.74 Å². The minimum atomic E-state index is 0.266. The van der Waals surface area contributed by atoms with Gasteiger partial charge in [0.2, 0.25) is 0 Å². The van der Waals surface area contributed by atoms with Crippen LogP contribution in [-0.2, 0) is 4.74 Å². The Balaban J connectivity index is 1.57. The normalized spacial score (nSPS) is 25.4. The van der Waals surface area contributed by atoms with Crippen LogP contribution in [0.2, 0.25) is 0 Å². The number of aryl methyl sites for hydroxylation is 1. The Morgan fingerprint density at radius 3 is 2.76 bits per heavy atom. The van der Waals surface area contributed by atoms with E-state index in [9.17, 15) is 5.11 Å². The van der Waals surface area contributed by atoms with Gasteiger partial charge in [0.15, 0.2) is 0 Å². The number of phenols is 1. The number of ether oxygens (including phenoxy) is 1. The molecule has 0 radical (unpaired) electrons. The van der Waals surface area contributed by atoms with E-state index in [1.807, 2.05) is 12.1 Å². The maximum atomic E-state index is 10.2. The number of hydrogen-bond acceptors (Lipinski definition) is 3. The van der Waals surface area contributed by atoms with Crippen LogP contribution in [0.3, 0.4) is 0 Å². The lowest BCUT2D eigenvalue weighted by atomic mass is 9.97. The van der Waals surface area contributed by atoms with Crippen molar-refractivity contribution in [3.05, 3.63) is 28.8 Å². The molecule has 1 fully saturated rings. The van der Waals surface area contributed by atoms with E-state index in [0.717, 1.165) is 25.1 Å². The van der Waals surface area contributed by atoms with Crippen molar-refractivity contribution in [3.8, 4) is 5.75 Å². The summed E-state index contributed by atoms with van der Waals surface area (Å²) < 4.78 is 5.91. The van der Waals surface area contributed by atoms with Crippen molar-refractivity contribution in [2.45, 2.75) is 64.0 Å². The lowest BCUT2D eigenvalue weighted by molar-refractivity contribution is 0.0590. The Morgan fingerprint density at radius 2 is 2.00 bits per heavy atom. The molecule has 1 saturated carbocycles. The van der Waals surface area contributed by atoms with Crippen molar-refractivity contribution < 1.29 is 9.84 Å². The van der Waals surface area contributed by atoms with Gasteiger partial charge in [0.1, 0.15) is 5.75 Å². The number of hydrogen-bond donors (Lipinski definition) is 2. The second-order valence-electron chi connectivity index (χ2n) is 6.65. The molecular weight excluding hydrogens is 262 g/mol. The Bertz CT molecular complexity index is 494. The Kier molecular flexibility index (Phi) is 4.51. The van der Waals surface area contributed by atoms with E-state index in [1.54, 1.807) is 0 Å². The van der Waals surface area contributed by atoms with Gasteiger partial charge >= 0.3 is 0 Å². The zero-order valence-corrected chi connectivity index (χ0v) is 13.2. The third-order valence-corrected chi connectivity index (χ3v) is 5.06. The highest BCUT2D eigenvalue weighted by Gasteiger charge is 2.31. The Hall–Kier alpha value is -1.06. The van der Waals surface area contributed by atoms with Crippen LogP contribution in [-0.4, -0.2) is 24.4 Å². The van der Waals surface area contributed by atoms with Crippen molar-refractivity contribution in [1.29, 1.82) is 0 Å². The quantitative estimate of drug-likeness (QED) is 0.810. The predicted octanol–water partition coefficient (Wildman–Crippen LogP) is 3.80. The van der Waals surface area contributed by atoms with E-state index in [0.29, 0.717) is 17.8 Å². The molecule has 0 aromatic heterocycles. The number of aromatic hydroxyl groups is 1. The smallest absolute Gasteiger partial charge is 0.120 e. The molecule has 0 bridgehead atoms. The third kappa shape index (κ3) is 3.09. The van der Waals surface area contributed by atoms with Gasteiger partial charge in [0.25, 0.3) is 0 Å². The second-order valence-corrected chi connectivity index (χ2v) is 6.65. The molecule has 3 rings (SSSR count). The molecule has 21 heavy (non-hydrogen) atoms. The summed E-state index contributed by atoms with van der Waals surface area (Å²) in [7, 11) is 0. The molecule has 2 atom stereocenters. The van der Waals surface area contributed by atoms with Gasteiger partial charge in [-0.25, -0.2) is 0 Å². The van der Waals surface area contributed by atoms with E-state index < -0.39 is 0 Å². The van der Waals surface area contributed by atoms with Gasteiger partial charge in [-0.05, 0) is 49.3 Å². The molecule has 0 saturated heterocycles. The third-order valence-electron chi connectivity index (χ3n) is 5.06. The topological polar surface area (TPSA) is 41.5 Å². The second kappa shape index (κ2) is 6.37. The molecule has 3 nitrogen and oxygen atoms in total. The fourth-order valence-electron chi connectivity index (χ4n) is 4.04. The summed E-state index contributed by atoms with van der Waals surface area (Å²) in [6.07, 6.45) is 6.64. The fourth-order valence-corrected chi connectivity index (χ4v) is 4.04. The number of nitrogens with one attached hydrogen (secondary N) is 1. The summed E-state index contributed by atoms with van der Waals surface area (Å²) in [4.78, 5) is 0. The highest BCUT2D eigenvalue weighted by Crippen LogP contribution is 2.45. The van der Waals surface area contributed by atoms with Crippen LogP contribution in [0, 0.1) is 6.92 Å². The van der Waals surface area contributed by atoms with Crippen LogP contribution >= 0.6 is 0 Å². The van der Waals surface area contributed by atoms with Crippen LogP contribution in [0.25, 0.3) is 0 Å². The molecule has 1 aromatic carbocycles. The minimum absolute atomic E-state index is 0.266. The monoisotopic (exact) mass is 289 g/mol. The molecule has 0 heterocycles. The molecule has 116 valence electrons. The van der Waals surface area contributed by atoms with Gasteiger partial charge in [0, 0.05) is 18.2 Å². The Morgan fingerprint density at radius 1 is 1.24 bits per heavy atom. The van der Waals surface area contributed by atoms with E-state index in [-0.39, 0.29) is 6.04 Å². The van der Waals surface area contributed by atoms with Crippen LogP contribution in [0.1, 0.15) is 67.7 Å². The largest absolute Gasteiger partial charge is 0.508 e. The summed E-state index contributed by atoms with van der Waals surface area (Å²) in [6, 6.07) is 4.12. The fraction of sp³-hybridized carbons (Fsp3) is 0.667. The van der Waals surface area contributed by atoms with Crippen LogP contribution in [0.15, 0.2) is 12.1 Å². The first-order valence-electron chi connectivity index (χ1n) is 8.34. The number of phenolic OH excluding ortho intramolecular Hbond substituents is 1. The average molecular weight is 289 g/mol. The number of fused-ring (bicyclic) bond motifs is 1. The molecule has 2 aliphatic rings. The standard InChI is InChI=1S/C18H27NO2/c1-12-7-8-16(20)18-15(11-13(2)17(12)18)19-9-10-21-14-5-3-4-6-14/h7-8,13-15,19-20H,3-6,9-11H2,1-2H3. The first kappa shape index (κ1) is 14.9. The molecule has 0 aliphatic heterocycles.